The van der Waals surface area contributed by atoms with Gasteiger partial charge in [-0.15, -0.1) is 0 Å². The summed E-state index contributed by atoms with van der Waals surface area (Å²) in [5, 5.41) is 0. The fourth-order valence-electron chi connectivity index (χ4n) is 3.13. The molecule has 2 aromatic carbocycles. The lowest BCUT2D eigenvalue weighted by molar-refractivity contribution is -0.123. The van der Waals surface area contributed by atoms with Crippen molar-refractivity contribution < 1.29 is 21.6 Å². The van der Waals surface area contributed by atoms with Gasteiger partial charge < -0.3 is 0 Å². The maximum atomic E-state index is 12.6. The Morgan fingerprint density at radius 2 is 1.61 bits per heavy atom. The van der Waals surface area contributed by atoms with Crippen molar-refractivity contribution in [2.45, 2.75) is 31.7 Å². The molecular weight excluding hydrogens is 400 g/mol. The number of nitrogens with one attached hydrogen (secondary N) is 1. The number of benzene rings is 2. The van der Waals surface area contributed by atoms with Gasteiger partial charge in [-0.25, -0.2) is 25.9 Å². The van der Waals surface area contributed by atoms with Crippen LogP contribution in [0.25, 0.3) is 0 Å². The average Bonchev–Trinajstić information content (AvgIpc) is 2.78. The number of carbonyl (C=O) groups is 1. The van der Waals surface area contributed by atoms with Crippen LogP contribution in [0.3, 0.4) is 0 Å². The van der Waals surface area contributed by atoms with Gasteiger partial charge in [0, 0.05) is 6.04 Å². The summed E-state index contributed by atoms with van der Waals surface area (Å²) in [6.07, 6.45) is 0. The molecule has 1 aliphatic rings. The molecule has 0 radical (unpaired) electrons. The summed E-state index contributed by atoms with van der Waals surface area (Å²) in [7, 11) is -7.60. The fourth-order valence-corrected chi connectivity index (χ4v) is 6.47. The van der Waals surface area contributed by atoms with E-state index in [1.165, 1.54) is 24.3 Å². The SMILES string of the molecule is C[C@@H](NS(=O)(=O)c1ccc(N2C(=O)C(C)(C)CS2(=O)=O)cc1)c1ccccc1. The van der Waals surface area contributed by atoms with Crippen LogP contribution in [0.1, 0.15) is 32.4 Å². The van der Waals surface area contributed by atoms with Crippen molar-refractivity contribution in [1.29, 1.82) is 0 Å². The molecule has 3 rings (SSSR count). The molecule has 150 valence electrons. The van der Waals surface area contributed by atoms with Crippen LogP contribution in [0.5, 0.6) is 0 Å². The predicted molar refractivity (Wildman–Crippen MR) is 107 cm³/mol. The Morgan fingerprint density at radius 1 is 1.04 bits per heavy atom. The Balaban J connectivity index is 1.85. The molecule has 0 aromatic heterocycles. The van der Waals surface area contributed by atoms with Crippen molar-refractivity contribution >= 4 is 31.6 Å². The van der Waals surface area contributed by atoms with Crippen LogP contribution in [0, 0.1) is 5.41 Å². The zero-order valence-corrected chi connectivity index (χ0v) is 17.4. The Morgan fingerprint density at radius 3 is 2.11 bits per heavy atom. The van der Waals surface area contributed by atoms with Gasteiger partial charge in [-0.1, -0.05) is 30.3 Å². The number of carbonyl (C=O) groups excluding carboxylic acids is 1. The minimum Gasteiger partial charge on any atom is -0.273 e. The molecular formula is C19H22N2O5S2. The first-order valence-electron chi connectivity index (χ1n) is 8.69. The first kappa shape index (κ1) is 20.5. The van der Waals surface area contributed by atoms with Gasteiger partial charge in [0.25, 0.3) is 0 Å². The number of rotatable bonds is 5. The van der Waals surface area contributed by atoms with Crippen LogP contribution in [0.4, 0.5) is 5.69 Å². The smallest absolute Gasteiger partial charge is 0.247 e. The van der Waals surface area contributed by atoms with E-state index < -0.39 is 37.4 Å². The van der Waals surface area contributed by atoms with Crippen LogP contribution in [0.15, 0.2) is 59.5 Å². The van der Waals surface area contributed by atoms with Crippen LogP contribution in [-0.4, -0.2) is 28.5 Å². The summed E-state index contributed by atoms with van der Waals surface area (Å²) >= 11 is 0. The van der Waals surface area contributed by atoms with E-state index in [-0.39, 0.29) is 16.3 Å². The lowest BCUT2D eigenvalue weighted by Gasteiger charge is -2.18. The first-order chi connectivity index (χ1) is 12.9. The summed E-state index contributed by atoms with van der Waals surface area (Å²) < 4.78 is 53.3. The molecule has 9 heteroatoms. The minimum atomic E-state index is -3.82. The topological polar surface area (TPSA) is 101 Å². The van der Waals surface area contributed by atoms with Crippen LogP contribution >= 0.6 is 0 Å². The van der Waals surface area contributed by atoms with E-state index in [4.69, 9.17) is 0 Å². The van der Waals surface area contributed by atoms with Crippen molar-refractivity contribution in [2.24, 2.45) is 5.41 Å². The van der Waals surface area contributed by atoms with E-state index >= 15 is 0 Å². The van der Waals surface area contributed by atoms with Crippen LogP contribution in [-0.2, 0) is 24.8 Å². The normalized spacial score (nSPS) is 19.5. The van der Waals surface area contributed by atoms with Gasteiger partial charge in [0.15, 0.2) is 0 Å². The lowest BCUT2D eigenvalue weighted by atomic mass is 9.95. The molecule has 7 nitrogen and oxygen atoms in total. The molecule has 1 aliphatic heterocycles. The van der Waals surface area contributed by atoms with E-state index in [1.54, 1.807) is 20.8 Å². The van der Waals surface area contributed by atoms with E-state index in [2.05, 4.69) is 4.72 Å². The van der Waals surface area contributed by atoms with Gasteiger partial charge in [-0.3, -0.25) is 4.79 Å². The van der Waals surface area contributed by atoms with Crippen LogP contribution in [0.2, 0.25) is 0 Å². The Labute approximate surface area is 165 Å². The van der Waals surface area contributed by atoms with Crippen molar-refractivity contribution in [3.8, 4) is 0 Å². The third kappa shape index (κ3) is 3.82. The molecule has 0 unspecified atom stereocenters. The van der Waals surface area contributed by atoms with Gasteiger partial charge >= 0.3 is 0 Å². The van der Waals surface area contributed by atoms with E-state index in [0.29, 0.717) is 0 Å². The predicted octanol–water partition coefficient (Wildman–Crippen LogP) is 2.43. The highest BCUT2D eigenvalue weighted by atomic mass is 32.2. The number of anilines is 1. The number of hydrogen-bond donors (Lipinski definition) is 1. The second-order valence-corrected chi connectivity index (χ2v) is 11.0. The number of hydrogen-bond acceptors (Lipinski definition) is 5. The zero-order valence-electron chi connectivity index (χ0n) is 15.8. The second kappa shape index (κ2) is 6.98. The standard InChI is InChI=1S/C19H22N2O5S2/c1-14(15-7-5-4-6-8-15)20-28(25,26)17-11-9-16(10-12-17)21-18(22)19(2,3)13-27(21,23)24/h4-12,14,20H,13H2,1-3H3/t14-/m1/s1. The molecule has 1 atom stereocenters. The summed E-state index contributed by atoms with van der Waals surface area (Å²) in [6, 6.07) is 14.0. The summed E-state index contributed by atoms with van der Waals surface area (Å²) in [5.41, 5.74) is -0.0692. The maximum Gasteiger partial charge on any atom is 0.247 e. The third-order valence-corrected chi connectivity index (χ3v) is 8.17. The van der Waals surface area contributed by atoms with E-state index in [9.17, 15) is 21.6 Å². The van der Waals surface area contributed by atoms with Crippen molar-refractivity contribution in [3.05, 3.63) is 60.2 Å². The quantitative estimate of drug-likeness (QED) is 0.798. The Kier molecular flexibility index (Phi) is 5.11. The molecule has 0 spiro atoms. The minimum absolute atomic E-state index is 0.0117. The fraction of sp³-hybridized carbons (Fsp3) is 0.316. The molecule has 1 fully saturated rings. The Bertz CT molecular complexity index is 1090. The average molecular weight is 423 g/mol. The van der Waals surface area contributed by atoms with E-state index in [1.807, 2.05) is 30.3 Å². The highest BCUT2D eigenvalue weighted by Gasteiger charge is 2.49. The largest absolute Gasteiger partial charge is 0.273 e. The van der Waals surface area contributed by atoms with Gasteiger partial charge in [0.1, 0.15) is 0 Å². The number of amides is 1. The summed E-state index contributed by atoms with van der Waals surface area (Å²) in [4.78, 5) is 12.4. The molecule has 1 saturated heterocycles. The molecule has 2 aromatic rings. The maximum absolute atomic E-state index is 12.6. The van der Waals surface area contributed by atoms with E-state index in [0.717, 1.165) is 9.87 Å². The highest BCUT2D eigenvalue weighted by Crippen LogP contribution is 2.36. The summed E-state index contributed by atoms with van der Waals surface area (Å²) in [5.74, 6) is -0.811. The third-order valence-electron chi connectivity index (χ3n) is 4.60. The molecule has 1 heterocycles. The van der Waals surface area contributed by atoms with Crippen LogP contribution < -0.4 is 9.03 Å². The molecule has 0 aliphatic carbocycles. The van der Waals surface area contributed by atoms with Crippen molar-refractivity contribution in [1.82, 2.24) is 4.72 Å². The molecule has 1 amide bonds. The molecule has 1 N–H and O–H groups in total. The highest BCUT2D eigenvalue weighted by molar-refractivity contribution is 7.94. The van der Waals surface area contributed by atoms with Crippen molar-refractivity contribution in [2.75, 3.05) is 10.1 Å². The first-order valence-corrected chi connectivity index (χ1v) is 11.8. The monoisotopic (exact) mass is 422 g/mol. The molecule has 28 heavy (non-hydrogen) atoms. The van der Waals surface area contributed by atoms with Gasteiger partial charge in [0.2, 0.25) is 26.0 Å². The molecule has 0 saturated carbocycles. The Hall–Kier alpha value is -2.23. The summed E-state index contributed by atoms with van der Waals surface area (Å²) in [6.45, 7) is 4.88. The zero-order chi connectivity index (χ0) is 20.7. The lowest BCUT2D eigenvalue weighted by Crippen LogP contribution is -2.33. The number of nitrogens with zero attached hydrogens (tertiary/aromatic N) is 1. The van der Waals surface area contributed by atoms with Crippen molar-refractivity contribution in [3.63, 3.8) is 0 Å². The van der Waals surface area contributed by atoms with Gasteiger partial charge in [-0.2, -0.15) is 0 Å². The van der Waals surface area contributed by atoms with Gasteiger partial charge in [0.05, 0.1) is 21.8 Å². The second-order valence-electron chi connectivity index (χ2n) is 7.46. The van der Waals surface area contributed by atoms with Gasteiger partial charge in [-0.05, 0) is 50.6 Å². The number of sulfonamides is 2. The molecule has 0 bridgehead atoms.